The van der Waals surface area contributed by atoms with Crippen LogP contribution < -0.4 is 9.80 Å². The number of hydrogen-bond donors (Lipinski definition) is 0. The van der Waals surface area contributed by atoms with Crippen molar-refractivity contribution in [3.8, 4) is 0 Å². The van der Waals surface area contributed by atoms with Gasteiger partial charge in [-0.1, -0.05) is 11.6 Å². The van der Waals surface area contributed by atoms with Gasteiger partial charge in [0.05, 0.1) is 41.1 Å². The van der Waals surface area contributed by atoms with Crippen molar-refractivity contribution in [2.24, 2.45) is 0 Å². The molecule has 2 aromatic heterocycles. The molecule has 0 N–H and O–H groups in total. The maximum Gasteiger partial charge on any atom is 0.259 e. The van der Waals surface area contributed by atoms with Gasteiger partial charge >= 0.3 is 0 Å². The molecule has 0 atom stereocenters. The molecule has 2 aliphatic heterocycles. The van der Waals surface area contributed by atoms with Crippen molar-refractivity contribution in [2.75, 3.05) is 36.0 Å². The number of nitrogens with zero attached hydrogens (tertiary/aromatic N) is 6. The van der Waals surface area contributed by atoms with E-state index < -0.39 is 5.54 Å². The Hall–Kier alpha value is -3.39. The molecule has 3 aromatic rings. The predicted octanol–water partition coefficient (Wildman–Crippen LogP) is 3.81. The summed E-state index contributed by atoms with van der Waals surface area (Å²) in [6, 6.07) is 7.41. The first-order valence-corrected chi connectivity index (χ1v) is 11.8. The molecule has 0 bridgehead atoms. The third-order valence-electron chi connectivity index (χ3n) is 6.74. The lowest BCUT2D eigenvalue weighted by atomic mass is 9.93. The molecule has 2 amide bonds. The minimum Gasteiger partial charge on any atom is -0.367 e. The number of halogens is 1. The fourth-order valence-electron chi connectivity index (χ4n) is 4.85. The molecule has 0 saturated carbocycles. The Labute approximate surface area is 203 Å². The number of carbonyl (C=O) groups is 2. The van der Waals surface area contributed by atoms with Crippen molar-refractivity contribution in [2.45, 2.75) is 32.9 Å². The number of anilines is 2. The highest BCUT2D eigenvalue weighted by molar-refractivity contribution is 6.31. The summed E-state index contributed by atoms with van der Waals surface area (Å²) in [5.41, 5.74) is 3.32. The first-order valence-electron chi connectivity index (χ1n) is 11.5. The summed E-state index contributed by atoms with van der Waals surface area (Å²) in [7, 11) is 0. The maximum absolute atomic E-state index is 13.3. The van der Waals surface area contributed by atoms with Crippen molar-refractivity contribution in [1.82, 2.24) is 19.7 Å². The molecule has 9 heteroatoms. The van der Waals surface area contributed by atoms with Crippen LogP contribution in [0.3, 0.4) is 0 Å². The summed E-state index contributed by atoms with van der Waals surface area (Å²) in [6.07, 6.45) is 6.96. The van der Waals surface area contributed by atoms with Crippen LogP contribution in [0.4, 0.5) is 11.4 Å². The lowest BCUT2D eigenvalue weighted by Crippen LogP contribution is -2.48. The van der Waals surface area contributed by atoms with E-state index in [1.807, 2.05) is 44.0 Å². The minimum absolute atomic E-state index is 0.00654. The second kappa shape index (κ2) is 8.43. The van der Waals surface area contributed by atoms with Gasteiger partial charge in [0.2, 0.25) is 0 Å². The van der Waals surface area contributed by atoms with Crippen LogP contribution in [-0.2, 0) is 12.1 Å². The predicted molar refractivity (Wildman–Crippen MR) is 132 cm³/mol. The molecule has 1 fully saturated rings. The lowest BCUT2D eigenvalue weighted by molar-refractivity contribution is 0.0746. The summed E-state index contributed by atoms with van der Waals surface area (Å²) in [5.74, 6) is -0.0503. The Morgan fingerprint density at radius 3 is 2.50 bits per heavy atom. The highest BCUT2D eigenvalue weighted by atomic mass is 35.5. The number of fused-ring (bicyclic) bond motifs is 1. The SMILES string of the molecule is CCn1cc(C(=O)N2CCN(c3cncc(N4C(=O)c5ccc(Cl)cc5C4(C)C)c3)CC2)cn1. The molecule has 0 spiro atoms. The monoisotopic (exact) mass is 478 g/mol. The van der Waals surface area contributed by atoms with E-state index in [1.54, 1.807) is 40.3 Å². The summed E-state index contributed by atoms with van der Waals surface area (Å²) in [4.78, 5) is 36.4. The van der Waals surface area contributed by atoms with Gasteiger partial charge in [-0.25, -0.2) is 0 Å². The number of pyridine rings is 1. The molecule has 34 heavy (non-hydrogen) atoms. The Morgan fingerprint density at radius 1 is 1.06 bits per heavy atom. The van der Waals surface area contributed by atoms with Gasteiger partial charge in [-0.15, -0.1) is 0 Å². The number of aryl methyl sites for hydroxylation is 1. The van der Waals surface area contributed by atoms with Crippen LogP contribution in [0.5, 0.6) is 0 Å². The van der Waals surface area contributed by atoms with Crippen molar-refractivity contribution in [3.63, 3.8) is 0 Å². The van der Waals surface area contributed by atoms with E-state index in [-0.39, 0.29) is 11.8 Å². The van der Waals surface area contributed by atoms with Crippen LogP contribution in [0, 0.1) is 0 Å². The van der Waals surface area contributed by atoms with Crippen LogP contribution in [0.2, 0.25) is 5.02 Å². The summed E-state index contributed by atoms with van der Waals surface area (Å²) >= 11 is 6.22. The van der Waals surface area contributed by atoms with E-state index in [0.717, 1.165) is 23.5 Å². The minimum atomic E-state index is -0.550. The smallest absolute Gasteiger partial charge is 0.259 e. The number of amides is 2. The average Bonchev–Trinajstić information content (AvgIpc) is 3.40. The number of rotatable bonds is 4. The van der Waals surface area contributed by atoms with E-state index in [4.69, 9.17) is 11.6 Å². The average molecular weight is 479 g/mol. The first-order chi connectivity index (χ1) is 16.3. The van der Waals surface area contributed by atoms with Crippen molar-refractivity contribution in [3.05, 3.63) is 70.8 Å². The summed E-state index contributed by atoms with van der Waals surface area (Å²) in [5, 5.41) is 4.82. The van der Waals surface area contributed by atoms with Crippen LogP contribution in [0.1, 0.15) is 47.1 Å². The molecular formula is C25H27ClN6O2. The van der Waals surface area contributed by atoms with Crippen LogP contribution in [0.15, 0.2) is 49.1 Å². The quantitative estimate of drug-likeness (QED) is 0.570. The van der Waals surface area contributed by atoms with Gasteiger partial charge in [-0.05, 0) is 50.6 Å². The number of hydrogen-bond acceptors (Lipinski definition) is 5. The van der Waals surface area contributed by atoms with Gasteiger partial charge in [-0.3, -0.25) is 24.2 Å². The van der Waals surface area contributed by atoms with Crippen LogP contribution in [0.25, 0.3) is 0 Å². The zero-order valence-electron chi connectivity index (χ0n) is 19.5. The number of benzene rings is 1. The van der Waals surface area contributed by atoms with Crippen molar-refractivity contribution < 1.29 is 9.59 Å². The zero-order chi connectivity index (χ0) is 24.0. The molecule has 2 aliphatic rings. The maximum atomic E-state index is 13.3. The summed E-state index contributed by atoms with van der Waals surface area (Å²) < 4.78 is 1.76. The number of aromatic nitrogens is 3. The summed E-state index contributed by atoms with van der Waals surface area (Å²) in [6.45, 7) is 9.36. The number of piperazine rings is 1. The normalized spacial score (nSPS) is 17.3. The molecule has 176 valence electrons. The first kappa shape index (κ1) is 22.4. The molecule has 0 unspecified atom stereocenters. The molecule has 0 aliphatic carbocycles. The Balaban J connectivity index is 1.33. The second-order valence-corrected chi connectivity index (χ2v) is 9.59. The van der Waals surface area contributed by atoms with Gasteiger partial charge in [0.15, 0.2) is 0 Å². The Kier molecular flexibility index (Phi) is 5.56. The number of carbonyl (C=O) groups excluding carboxylic acids is 2. The molecular weight excluding hydrogens is 452 g/mol. The lowest BCUT2D eigenvalue weighted by Gasteiger charge is -2.37. The Morgan fingerprint density at radius 2 is 1.79 bits per heavy atom. The van der Waals surface area contributed by atoms with E-state index >= 15 is 0 Å². The third-order valence-corrected chi connectivity index (χ3v) is 6.97. The fraction of sp³-hybridized carbons (Fsp3) is 0.360. The van der Waals surface area contributed by atoms with Crippen molar-refractivity contribution >= 4 is 34.8 Å². The van der Waals surface area contributed by atoms with E-state index in [2.05, 4.69) is 15.0 Å². The largest absolute Gasteiger partial charge is 0.367 e. The Bertz CT molecular complexity index is 1260. The molecule has 5 rings (SSSR count). The molecule has 1 saturated heterocycles. The molecule has 8 nitrogen and oxygen atoms in total. The van der Waals surface area contributed by atoms with E-state index in [9.17, 15) is 9.59 Å². The standard InChI is InChI=1S/C25H27ClN6O2/c1-4-31-16-17(13-28-31)23(33)30-9-7-29(8-10-30)19-12-20(15-27-14-19)32-24(34)21-6-5-18(26)11-22(21)25(32,2)3/h5-6,11-16H,4,7-10H2,1-3H3. The van der Waals surface area contributed by atoms with Gasteiger partial charge in [-0.2, -0.15) is 5.10 Å². The molecule has 4 heterocycles. The van der Waals surface area contributed by atoms with Gasteiger partial charge in [0.1, 0.15) is 0 Å². The second-order valence-electron chi connectivity index (χ2n) is 9.15. The zero-order valence-corrected chi connectivity index (χ0v) is 20.3. The molecule has 0 radical (unpaired) electrons. The van der Waals surface area contributed by atoms with Crippen LogP contribution >= 0.6 is 11.6 Å². The fourth-order valence-corrected chi connectivity index (χ4v) is 5.02. The van der Waals surface area contributed by atoms with E-state index in [1.165, 1.54) is 0 Å². The highest BCUT2D eigenvalue weighted by Crippen LogP contribution is 2.43. The van der Waals surface area contributed by atoms with Crippen molar-refractivity contribution in [1.29, 1.82) is 0 Å². The molecule has 1 aromatic carbocycles. The van der Waals surface area contributed by atoms with Gasteiger partial charge in [0.25, 0.3) is 11.8 Å². The van der Waals surface area contributed by atoms with Gasteiger partial charge in [0, 0.05) is 49.5 Å². The van der Waals surface area contributed by atoms with E-state index in [0.29, 0.717) is 42.3 Å². The van der Waals surface area contributed by atoms with Crippen LogP contribution in [-0.4, -0.2) is 57.7 Å². The van der Waals surface area contributed by atoms with Gasteiger partial charge < -0.3 is 9.80 Å². The third kappa shape index (κ3) is 3.72. The topological polar surface area (TPSA) is 74.6 Å². The highest BCUT2D eigenvalue weighted by Gasteiger charge is 2.44.